The minimum atomic E-state index is 0.140. The molecule has 0 aromatic heterocycles. The van der Waals surface area contributed by atoms with Crippen LogP contribution in [-0.2, 0) is 10.8 Å². The molecule has 2 N–H and O–H groups in total. The van der Waals surface area contributed by atoms with Crippen molar-refractivity contribution in [2.24, 2.45) is 5.73 Å². The molecule has 0 aliphatic rings. The van der Waals surface area contributed by atoms with E-state index in [2.05, 4.69) is 85.9 Å². The van der Waals surface area contributed by atoms with E-state index in [-0.39, 0.29) is 16.9 Å². The first-order valence-electron chi connectivity index (χ1n) is 10.6. The Labute approximate surface area is 181 Å². The number of allylic oxidation sites excluding steroid dienone is 4. The maximum Gasteiger partial charge on any atom is 0.0285 e. The van der Waals surface area contributed by atoms with Crippen LogP contribution in [0.3, 0.4) is 0 Å². The lowest BCUT2D eigenvalue weighted by molar-refractivity contribution is 0.567. The Morgan fingerprint density at radius 1 is 1.03 bits per heavy atom. The molecule has 1 unspecified atom stereocenters. The lowest BCUT2D eigenvalue weighted by atomic mass is 9.77. The van der Waals surface area contributed by atoms with E-state index in [0.717, 1.165) is 12.0 Å². The monoisotopic (exact) mass is 395 g/mol. The molecule has 1 heteroatoms. The van der Waals surface area contributed by atoms with E-state index in [0.29, 0.717) is 0 Å². The Balaban J connectivity index is 0.000000734. The molecule has 0 aliphatic heterocycles. The molecule has 0 heterocycles. The molecule has 1 nitrogen and oxygen atoms in total. The van der Waals surface area contributed by atoms with Gasteiger partial charge in [-0.1, -0.05) is 95.7 Å². The number of benzene rings is 1. The fourth-order valence-corrected chi connectivity index (χ4v) is 3.00. The van der Waals surface area contributed by atoms with Crippen molar-refractivity contribution in [3.05, 3.63) is 77.4 Å². The molecule has 0 saturated carbocycles. The third-order valence-corrected chi connectivity index (χ3v) is 5.04. The molecule has 0 radical (unpaired) electrons. The van der Waals surface area contributed by atoms with Gasteiger partial charge in [-0.25, -0.2) is 0 Å². The van der Waals surface area contributed by atoms with Crippen LogP contribution in [0.4, 0.5) is 0 Å². The molecule has 0 saturated heterocycles. The summed E-state index contributed by atoms with van der Waals surface area (Å²) < 4.78 is 0. The fourth-order valence-electron chi connectivity index (χ4n) is 3.00. The first-order valence-corrected chi connectivity index (χ1v) is 10.6. The second-order valence-electron chi connectivity index (χ2n) is 10.1. The molecular formula is C28H45N. The van der Waals surface area contributed by atoms with Gasteiger partial charge in [-0.15, -0.1) is 6.58 Å². The summed E-state index contributed by atoms with van der Waals surface area (Å²) in [6.45, 7) is 29.5. The standard InChI is InChI=1S/C20H30.C8H15N/c1-14(2)12-15(3)17-11-10-16(19(4,5)6)13-18(17)20(7,8)9;1-4-6-8(9)7(3)5-2/h10-13H,1H2,2-9H3;4-5,8H,1,6,9H2,2-3H3/b15-12+;7-5-. The van der Waals surface area contributed by atoms with Crippen molar-refractivity contribution in [3.63, 3.8) is 0 Å². The second kappa shape index (κ2) is 11.4. The van der Waals surface area contributed by atoms with E-state index in [1.165, 1.54) is 27.8 Å². The second-order valence-corrected chi connectivity index (χ2v) is 10.1. The molecular weight excluding hydrogens is 350 g/mol. The van der Waals surface area contributed by atoms with Crippen molar-refractivity contribution in [3.8, 4) is 0 Å². The van der Waals surface area contributed by atoms with Gasteiger partial charge in [0.15, 0.2) is 0 Å². The minimum absolute atomic E-state index is 0.140. The largest absolute Gasteiger partial charge is 0.324 e. The summed E-state index contributed by atoms with van der Waals surface area (Å²) in [7, 11) is 0. The summed E-state index contributed by atoms with van der Waals surface area (Å²) in [6.07, 6.45) is 6.92. The summed E-state index contributed by atoms with van der Waals surface area (Å²) in [5, 5.41) is 0. The van der Waals surface area contributed by atoms with Crippen molar-refractivity contribution in [1.82, 2.24) is 0 Å². The number of nitrogens with two attached hydrogens (primary N) is 1. The average Bonchev–Trinajstić information content (AvgIpc) is 2.59. The van der Waals surface area contributed by atoms with Crippen LogP contribution >= 0.6 is 0 Å². The summed E-state index contributed by atoms with van der Waals surface area (Å²) in [5.74, 6) is 0. The van der Waals surface area contributed by atoms with Crippen LogP contribution < -0.4 is 5.73 Å². The van der Waals surface area contributed by atoms with Gasteiger partial charge in [0.25, 0.3) is 0 Å². The molecule has 1 rings (SSSR count). The zero-order valence-corrected chi connectivity index (χ0v) is 20.7. The van der Waals surface area contributed by atoms with Crippen LogP contribution in [0.25, 0.3) is 5.57 Å². The summed E-state index contributed by atoms with van der Waals surface area (Å²) >= 11 is 0. The van der Waals surface area contributed by atoms with Gasteiger partial charge in [0.2, 0.25) is 0 Å². The molecule has 1 aromatic rings. The minimum Gasteiger partial charge on any atom is -0.324 e. The van der Waals surface area contributed by atoms with E-state index in [4.69, 9.17) is 5.73 Å². The van der Waals surface area contributed by atoms with Crippen LogP contribution in [0.5, 0.6) is 0 Å². The van der Waals surface area contributed by atoms with Crippen molar-refractivity contribution in [1.29, 1.82) is 0 Å². The first kappa shape index (κ1) is 27.1. The molecule has 29 heavy (non-hydrogen) atoms. The van der Waals surface area contributed by atoms with Gasteiger partial charge in [0, 0.05) is 6.04 Å². The average molecular weight is 396 g/mol. The predicted octanol–water partition coefficient (Wildman–Crippen LogP) is 8.12. The zero-order chi connectivity index (χ0) is 23.0. The summed E-state index contributed by atoms with van der Waals surface area (Å²) in [4.78, 5) is 0. The Bertz CT molecular complexity index is 745. The predicted molar refractivity (Wildman–Crippen MR) is 135 cm³/mol. The Hall–Kier alpha value is -1.86. The van der Waals surface area contributed by atoms with Gasteiger partial charge in [-0.3, -0.25) is 0 Å². The SMILES string of the molecule is C=C(C)/C=C(\C)c1ccc(C(C)(C)C)cc1C(C)(C)C.C=CCC(N)/C(C)=C\C. The first-order chi connectivity index (χ1) is 13.1. The smallest absolute Gasteiger partial charge is 0.0285 e. The topological polar surface area (TPSA) is 26.0 Å². The molecule has 0 bridgehead atoms. The highest BCUT2D eigenvalue weighted by Crippen LogP contribution is 2.34. The Morgan fingerprint density at radius 2 is 1.59 bits per heavy atom. The molecule has 162 valence electrons. The van der Waals surface area contributed by atoms with Crippen molar-refractivity contribution >= 4 is 5.57 Å². The van der Waals surface area contributed by atoms with E-state index >= 15 is 0 Å². The number of hydrogen-bond acceptors (Lipinski definition) is 1. The molecule has 0 spiro atoms. The highest BCUT2D eigenvalue weighted by atomic mass is 14.6. The lowest BCUT2D eigenvalue weighted by Crippen LogP contribution is -2.19. The van der Waals surface area contributed by atoms with E-state index in [1.807, 2.05) is 32.9 Å². The highest BCUT2D eigenvalue weighted by Gasteiger charge is 2.22. The molecule has 1 atom stereocenters. The zero-order valence-electron chi connectivity index (χ0n) is 20.7. The van der Waals surface area contributed by atoms with Gasteiger partial charge in [0.05, 0.1) is 0 Å². The third-order valence-electron chi connectivity index (χ3n) is 5.04. The van der Waals surface area contributed by atoms with Gasteiger partial charge in [-0.2, -0.15) is 0 Å². The van der Waals surface area contributed by atoms with Crippen LogP contribution in [0.2, 0.25) is 0 Å². The van der Waals surface area contributed by atoms with Crippen LogP contribution in [0.1, 0.15) is 92.3 Å². The van der Waals surface area contributed by atoms with Crippen LogP contribution in [0, 0.1) is 0 Å². The van der Waals surface area contributed by atoms with Gasteiger partial charge < -0.3 is 5.73 Å². The van der Waals surface area contributed by atoms with Crippen LogP contribution in [-0.4, -0.2) is 6.04 Å². The van der Waals surface area contributed by atoms with E-state index < -0.39 is 0 Å². The highest BCUT2D eigenvalue weighted by molar-refractivity contribution is 5.70. The van der Waals surface area contributed by atoms with Gasteiger partial charge >= 0.3 is 0 Å². The Kier molecular flexibility index (Phi) is 10.6. The molecule has 0 aliphatic carbocycles. The summed E-state index contributed by atoms with van der Waals surface area (Å²) in [6, 6.07) is 7.09. The van der Waals surface area contributed by atoms with Crippen molar-refractivity contribution in [2.45, 2.75) is 92.5 Å². The van der Waals surface area contributed by atoms with Crippen LogP contribution in [0.15, 0.2) is 60.7 Å². The van der Waals surface area contributed by atoms with E-state index in [9.17, 15) is 0 Å². The molecule has 0 fully saturated rings. The molecule has 1 aromatic carbocycles. The number of rotatable bonds is 5. The quantitative estimate of drug-likeness (QED) is 0.395. The normalized spacial score (nSPS) is 14.0. The van der Waals surface area contributed by atoms with Gasteiger partial charge in [0.1, 0.15) is 0 Å². The van der Waals surface area contributed by atoms with Gasteiger partial charge in [-0.05, 0) is 67.2 Å². The fraction of sp³-hybridized carbons (Fsp3) is 0.500. The maximum atomic E-state index is 5.70. The maximum absolute atomic E-state index is 5.70. The molecule has 0 amide bonds. The van der Waals surface area contributed by atoms with Crippen molar-refractivity contribution < 1.29 is 0 Å². The Morgan fingerprint density at radius 3 is 1.97 bits per heavy atom. The van der Waals surface area contributed by atoms with Crippen molar-refractivity contribution in [2.75, 3.05) is 0 Å². The lowest BCUT2D eigenvalue weighted by Gasteiger charge is -2.28. The summed E-state index contributed by atoms with van der Waals surface area (Å²) in [5.41, 5.74) is 13.8. The third kappa shape index (κ3) is 9.45. The van der Waals surface area contributed by atoms with E-state index in [1.54, 1.807) is 0 Å². The number of hydrogen-bond donors (Lipinski definition) is 1.